The van der Waals surface area contributed by atoms with Crippen LogP contribution in [0.15, 0.2) is 17.0 Å². The molecule has 20 heavy (non-hydrogen) atoms. The lowest BCUT2D eigenvalue weighted by molar-refractivity contribution is 0.422. The van der Waals surface area contributed by atoms with Gasteiger partial charge in [0.1, 0.15) is 5.75 Å². The molecule has 0 aliphatic carbocycles. The Kier molecular flexibility index (Phi) is 4.88. The first kappa shape index (κ1) is 17.8. The minimum absolute atomic E-state index is 0.0819. The number of phenolic OH excluding ortho intramolecular Hbond substituents is 1. The van der Waals surface area contributed by atoms with Gasteiger partial charge in [-0.3, -0.25) is 0 Å². The van der Waals surface area contributed by atoms with Gasteiger partial charge in [0, 0.05) is 16.0 Å². The van der Waals surface area contributed by atoms with Crippen molar-refractivity contribution in [3.8, 4) is 5.75 Å². The van der Waals surface area contributed by atoms with Crippen LogP contribution in [-0.2, 0) is 10.8 Å². The first-order chi connectivity index (χ1) is 8.72. The SMILES string of the molecule is CC(C)(S)Sc1cc(C(C)(C)C)c(O)c(C(C)(C)C)c1. The summed E-state index contributed by atoms with van der Waals surface area (Å²) in [6.07, 6.45) is 0. The maximum Gasteiger partial charge on any atom is 0.123 e. The number of phenols is 1. The fourth-order valence-corrected chi connectivity index (χ4v) is 3.35. The van der Waals surface area contributed by atoms with E-state index in [9.17, 15) is 5.11 Å². The fraction of sp³-hybridized carbons (Fsp3) is 0.647. The van der Waals surface area contributed by atoms with Gasteiger partial charge in [-0.1, -0.05) is 41.5 Å². The lowest BCUT2D eigenvalue weighted by Crippen LogP contribution is -2.17. The minimum Gasteiger partial charge on any atom is -0.507 e. The van der Waals surface area contributed by atoms with Crippen molar-refractivity contribution in [1.29, 1.82) is 0 Å². The molecule has 0 fully saturated rings. The van der Waals surface area contributed by atoms with E-state index in [1.807, 2.05) is 0 Å². The largest absolute Gasteiger partial charge is 0.507 e. The Morgan fingerprint density at radius 1 is 0.850 bits per heavy atom. The van der Waals surface area contributed by atoms with E-state index in [1.54, 1.807) is 11.8 Å². The Balaban J connectivity index is 3.51. The molecule has 1 rings (SSSR count). The lowest BCUT2D eigenvalue weighted by Gasteiger charge is -2.29. The Bertz CT molecular complexity index is 450. The number of aromatic hydroxyl groups is 1. The summed E-state index contributed by atoms with van der Waals surface area (Å²) >= 11 is 6.33. The third-order valence-corrected chi connectivity index (χ3v) is 4.31. The molecule has 1 N–H and O–H groups in total. The van der Waals surface area contributed by atoms with Crippen molar-refractivity contribution in [3.05, 3.63) is 23.3 Å². The molecule has 1 aromatic carbocycles. The van der Waals surface area contributed by atoms with Gasteiger partial charge in [0.25, 0.3) is 0 Å². The molecule has 0 amide bonds. The van der Waals surface area contributed by atoms with Crippen molar-refractivity contribution in [3.63, 3.8) is 0 Å². The molecule has 0 atom stereocenters. The molecule has 0 heterocycles. The third kappa shape index (κ3) is 4.63. The first-order valence-electron chi connectivity index (χ1n) is 7.01. The lowest BCUT2D eigenvalue weighted by atomic mass is 9.79. The molecular weight excluding hydrogens is 284 g/mol. The summed E-state index contributed by atoms with van der Waals surface area (Å²) in [7, 11) is 0. The number of hydrogen-bond donors (Lipinski definition) is 2. The van der Waals surface area contributed by atoms with Crippen LogP contribution in [-0.4, -0.2) is 9.19 Å². The van der Waals surface area contributed by atoms with Crippen LogP contribution in [0.3, 0.4) is 0 Å². The second-order valence-electron chi connectivity index (χ2n) is 7.92. The summed E-state index contributed by atoms with van der Waals surface area (Å²) in [6, 6.07) is 4.21. The first-order valence-corrected chi connectivity index (χ1v) is 8.27. The Labute approximate surface area is 134 Å². The molecule has 0 aliphatic rings. The predicted octanol–water partition coefficient (Wildman–Crippen LogP) is 5.75. The van der Waals surface area contributed by atoms with Gasteiger partial charge in [0.05, 0.1) is 4.08 Å². The van der Waals surface area contributed by atoms with E-state index in [1.165, 1.54) is 0 Å². The zero-order chi connectivity index (χ0) is 15.9. The van der Waals surface area contributed by atoms with Crippen molar-refractivity contribution in [2.45, 2.75) is 75.2 Å². The molecule has 0 saturated heterocycles. The molecule has 0 aromatic heterocycles. The average Bonchev–Trinajstić information content (AvgIpc) is 2.14. The normalized spacial score (nSPS) is 13.7. The molecule has 1 nitrogen and oxygen atoms in total. The van der Waals surface area contributed by atoms with Crippen LogP contribution in [0.1, 0.15) is 66.5 Å². The highest BCUT2D eigenvalue weighted by Crippen LogP contribution is 2.44. The molecule has 0 radical (unpaired) electrons. The molecule has 0 bridgehead atoms. The van der Waals surface area contributed by atoms with Gasteiger partial charge >= 0.3 is 0 Å². The summed E-state index contributed by atoms with van der Waals surface area (Å²) < 4.78 is -0.138. The van der Waals surface area contributed by atoms with Crippen molar-refractivity contribution in [2.24, 2.45) is 0 Å². The number of hydrogen-bond acceptors (Lipinski definition) is 3. The molecule has 0 unspecified atom stereocenters. The summed E-state index contributed by atoms with van der Waals surface area (Å²) in [6.45, 7) is 17.0. The van der Waals surface area contributed by atoms with Gasteiger partial charge < -0.3 is 5.11 Å². The second-order valence-corrected chi connectivity index (χ2v) is 11.0. The van der Waals surface area contributed by atoms with Gasteiger partial charge in [0.2, 0.25) is 0 Å². The van der Waals surface area contributed by atoms with Gasteiger partial charge in [-0.2, -0.15) is 12.6 Å². The summed E-state index contributed by atoms with van der Waals surface area (Å²) in [5.41, 5.74) is 1.85. The molecular formula is C17H28OS2. The van der Waals surface area contributed by atoms with E-state index in [0.717, 1.165) is 16.0 Å². The Hall–Kier alpha value is -0.280. The number of thiol groups is 1. The highest BCUT2D eigenvalue weighted by Gasteiger charge is 2.27. The third-order valence-electron chi connectivity index (χ3n) is 3.07. The van der Waals surface area contributed by atoms with E-state index in [2.05, 4.69) is 80.2 Å². The highest BCUT2D eigenvalue weighted by atomic mass is 32.2. The summed E-state index contributed by atoms with van der Waals surface area (Å²) in [5, 5.41) is 10.7. The van der Waals surface area contributed by atoms with Gasteiger partial charge in [-0.05, 0) is 36.8 Å². The van der Waals surface area contributed by atoms with Crippen LogP contribution in [0.2, 0.25) is 0 Å². The smallest absolute Gasteiger partial charge is 0.123 e. The zero-order valence-corrected chi connectivity index (χ0v) is 15.7. The van der Waals surface area contributed by atoms with E-state index in [0.29, 0.717) is 5.75 Å². The van der Waals surface area contributed by atoms with Crippen molar-refractivity contribution in [1.82, 2.24) is 0 Å². The number of benzene rings is 1. The second kappa shape index (κ2) is 5.49. The Morgan fingerprint density at radius 2 is 1.20 bits per heavy atom. The van der Waals surface area contributed by atoms with Crippen molar-refractivity contribution < 1.29 is 5.11 Å². The van der Waals surface area contributed by atoms with E-state index >= 15 is 0 Å². The number of rotatable bonds is 2. The van der Waals surface area contributed by atoms with Crippen molar-refractivity contribution >= 4 is 24.4 Å². The minimum atomic E-state index is -0.138. The zero-order valence-electron chi connectivity index (χ0n) is 14.0. The van der Waals surface area contributed by atoms with Crippen molar-refractivity contribution in [2.75, 3.05) is 0 Å². The molecule has 3 heteroatoms. The summed E-state index contributed by atoms with van der Waals surface area (Å²) in [4.78, 5) is 1.16. The van der Waals surface area contributed by atoms with E-state index < -0.39 is 0 Å². The molecule has 0 spiro atoms. The van der Waals surface area contributed by atoms with Crippen LogP contribution in [0.25, 0.3) is 0 Å². The van der Waals surface area contributed by atoms with Gasteiger partial charge in [-0.25, -0.2) is 0 Å². The van der Waals surface area contributed by atoms with Crippen LogP contribution >= 0.6 is 24.4 Å². The molecule has 114 valence electrons. The highest BCUT2D eigenvalue weighted by molar-refractivity contribution is 8.11. The standard InChI is InChI=1S/C17H28OS2/c1-15(2,3)12-9-11(20-17(7,8)19)10-13(14(12)18)16(4,5)6/h9-10,18-19H,1-8H3. The number of thioether (sulfide) groups is 1. The average molecular weight is 313 g/mol. The molecule has 1 aromatic rings. The van der Waals surface area contributed by atoms with Crippen LogP contribution in [0.4, 0.5) is 0 Å². The van der Waals surface area contributed by atoms with Crippen LogP contribution in [0.5, 0.6) is 5.75 Å². The van der Waals surface area contributed by atoms with Crippen LogP contribution < -0.4 is 0 Å². The maximum absolute atomic E-state index is 10.7. The topological polar surface area (TPSA) is 20.2 Å². The van der Waals surface area contributed by atoms with Gasteiger partial charge in [0.15, 0.2) is 0 Å². The molecule has 0 aliphatic heterocycles. The quantitative estimate of drug-likeness (QED) is 0.412. The predicted molar refractivity (Wildman–Crippen MR) is 94.4 cm³/mol. The van der Waals surface area contributed by atoms with Crippen LogP contribution in [0, 0.1) is 0 Å². The molecule has 0 saturated carbocycles. The Morgan fingerprint density at radius 3 is 1.45 bits per heavy atom. The van der Waals surface area contributed by atoms with E-state index in [-0.39, 0.29) is 14.9 Å². The fourth-order valence-electron chi connectivity index (χ4n) is 2.10. The van der Waals surface area contributed by atoms with Gasteiger partial charge in [-0.15, -0.1) is 11.8 Å². The van der Waals surface area contributed by atoms with E-state index in [4.69, 9.17) is 0 Å². The summed E-state index contributed by atoms with van der Waals surface area (Å²) in [5.74, 6) is 0.436. The monoisotopic (exact) mass is 312 g/mol. The maximum atomic E-state index is 10.7.